The van der Waals surface area contributed by atoms with E-state index in [4.69, 9.17) is 4.74 Å². The Morgan fingerprint density at radius 1 is 1.17 bits per heavy atom. The van der Waals surface area contributed by atoms with E-state index in [0.717, 1.165) is 23.2 Å². The minimum absolute atomic E-state index is 0.00131. The summed E-state index contributed by atoms with van der Waals surface area (Å²) in [4.78, 5) is 38.8. The van der Waals surface area contributed by atoms with E-state index in [1.807, 2.05) is 50.2 Å². The van der Waals surface area contributed by atoms with Crippen LogP contribution in [0.25, 0.3) is 0 Å². The Morgan fingerprint density at radius 2 is 1.93 bits per heavy atom. The molecule has 152 valence electrons. The number of nitrogens with one attached hydrogen (secondary N) is 1. The molecule has 0 unspecified atom stereocenters. The number of anilines is 1. The van der Waals surface area contributed by atoms with Crippen molar-refractivity contribution >= 4 is 23.5 Å². The smallest absolute Gasteiger partial charge is 0.308 e. The zero-order valence-corrected chi connectivity index (χ0v) is 17.0. The van der Waals surface area contributed by atoms with Gasteiger partial charge in [-0.05, 0) is 51.0 Å². The highest BCUT2D eigenvalue weighted by Crippen LogP contribution is 2.32. The molecule has 29 heavy (non-hydrogen) atoms. The van der Waals surface area contributed by atoms with Gasteiger partial charge in [0.15, 0.2) is 6.10 Å². The summed E-state index contributed by atoms with van der Waals surface area (Å²) < 4.78 is 5.31. The standard InChI is InChI=1S/C23H26N2O4/c1-15-7-6-9-19(13-15)22(27)24-12-11-21(26)29-17(3)23(28)25-16(2)14-18-8-4-5-10-20(18)25/h4-10,13,16-17H,11-12,14H2,1-3H3,(H,24,27)/t16-,17+/m1/s1. The first-order chi connectivity index (χ1) is 13.9. The number of aryl methyl sites for hydroxylation is 1. The van der Waals surface area contributed by atoms with E-state index in [-0.39, 0.29) is 30.8 Å². The molecular formula is C23H26N2O4. The Balaban J connectivity index is 1.49. The Hall–Kier alpha value is -3.15. The SMILES string of the molecule is Cc1cccc(C(=O)NCCC(=O)O[C@@H](C)C(=O)N2c3ccccc3C[C@H]2C)c1. The lowest BCUT2D eigenvalue weighted by Gasteiger charge is -2.26. The molecule has 0 bridgehead atoms. The van der Waals surface area contributed by atoms with E-state index in [1.54, 1.807) is 24.0 Å². The predicted molar refractivity (Wildman–Crippen MR) is 111 cm³/mol. The van der Waals surface area contributed by atoms with Crippen molar-refractivity contribution < 1.29 is 19.1 Å². The number of esters is 1. The topological polar surface area (TPSA) is 75.7 Å². The highest BCUT2D eigenvalue weighted by atomic mass is 16.5. The number of fused-ring (bicyclic) bond motifs is 1. The molecule has 2 aromatic carbocycles. The van der Waals surface area contributed by atoms with Crippen LogP contribution in [0.15, 0.2) is 48.5 Å². The van der Waals surface area contributed by atoms with Crippen molar-refractivity contribution in [1.29, 1.82) is 0 Å². The van der Waals surface area contributed by atoms with Gasteiger partial charge in [0.1, 0.15) is 0 Å². The van der Waals surface area contributed by atoms with Gasteiger partial charge < -0.3 is 15.0 Å². The lowest BCUT2D eigenvalue weighted by molar-refractivity contribution is -0.153. The zero-order chi connectivity index (χ0) is 21.0. The van der Waals surface area contributed by atoms with Crippen molar-refractivity contribution in [2.24, 2.45) is 0 Å². The van der Waals surface area contributed by atoms with Crippen LogP contribution in [0.5, 0.6) is 0 Å². The number of para-hydroxylation sites is 1. The Kier molecular flexibility index (Phi) is 6.32. The summed E-state index contributed by atoms with van der Waals surface area (Å²) in [7, 11) is 0. The molecule has 0 saturated heterocycles. The molecule has 2 aromatic rings. The number of carbonyl (C=O) groups is 3. The summed E-state index contributed by atoms with van der Waals surface area (Å²) >= 11 is 0. The fourth-order valence-electron chi connectivity index (χ4n) is 3.57. The van der Waals surface area contributed by atoms with E-state index in [9.17, 15) is 14.4 Å². The third kappa shape index (κ3) is 4.83. The Morgan fingerprint density at radius 3 is 2.69 bits per heavy atom. The van der Waals surface area contributed by atoms with Gasteiger partial charge in [-0.15, -0.1) is 0 Å². The maximum atomic E-state index is 12.8. The highest BCUT2D eigenvalue weighted by Gasteiger charge is 2.34. The normalized spacial score (nSPS) is 16.1. The molecule has 0 saturated carbocycles. The first-order valence-corrected chi connectivity index (χ1v) is 9.82. The van der Waals surface area contributed by atoms with Gasteiger partial charge in [0.05, 0.1) is 6.42 Å². The maximum Gasteiger partial charge on any atom is 0.308 e. The van der Waals surface area contributed by atoms with Crippen molar-refractivity contribution in [1.82, 2.24) is 5.32 Å². The molecular weight excluding hydrogens is 368 g/mol. The summed E-state index contributed by atoms with van der Waals surface area (Å²) in [6.07, 6.45) is -0.0990. The Labute approximate surface area is 170 Å². The molecule has 2 amide bonds. The van der Waals surface area contributed by atoms with Crippen LogP contribution in [-0.4, -0.2) is 36.5 Å². The van der Waals surface area contributed by atoms with Crippen LogP contribution in [-0.2, 0) is 20.7 Å². The predicted octanol–water partition coefficient (Wildman–Crippen LogP) is 3.02. The molecule has 1 N–H and O–H groups in total. The van der Waals surface area contributed by atoms with Gasteiger partial charge >= 0.3 is 5.97 Å². The van der Waals surface area contributed by atoms with Crippen LogP contribution in [0.2, 0.25) is 0 Å². The minimum Gasteiger partial charge on any atom is -0.452 e. The summed E-state index contributed by atoms with van der Waals surface area (Å²) in [5.74, 6) is -0.997. The molecule has 1 aliphatic rings. The number of hydrogen-bond donors (Lipinski definition) is 1. The zero-order valence-electron chi connectivity index (χ0n) is 17.0. The lowest BCUT2D eigenvalue weighted by atomic mass is 10.1. The van der Waals surface area contributed by atoms with Gasteiger partial charge in [0.2, 0.25) is 0 Å². The van der Waals surface area contributed by atoms with Crippen molar-refractivity contribution in [2.45, 2.75) is 45.8 Å². The molecule has 0 fully saturated rings. The fraction of sp³-hybridized carbons (Fsp3) is 0.348. The monoisotopic (exact) mass is 394 g/mol. The van der Waals surface area contributed by atoms with Crippen molar-refractivity contribution in [3.05, 3.63) is 65.2 Å². The lowest BCUT2D eigenvalue weighted by Crippen LogP contribution is -2.43. The number of carbonyl (C=O) groups excluding carboxylic acids is 3. The van der Waals surface area contributed by atoms with Crippen LogP contribution in [0.4, 0.5) is 5.69 Å². The molecule has 0 spiro atoms. The van der Waals surface area contributed by atoms with Crippen LogP contribution < -0.4 is 10.2 Å². The van der Waals surface area contributed by atoms with Gasteiger partial charge in [0, 0.05) is 23.8 Å². The summed E-state index contributed by atoms with van der Waals surface area (Å²) in [6, 6.07) is 15.0. The number of amides is 2. The molecule has 1 heterocycles. The largest absolute Gasteiger partial charge is 0.452 e. The molecule has 6 nitrogen and oxygen atoms in total. The quantitative estimate of drug-likeness (QED) is 0.764. The highest BCUT2D eigenvalue weighted by molar-refractivity contribution is 5.99. The third-order valence-electron chi connectivity index (χ3n) is 5.00. The number of benzene rings is 2. The molecule has 0 aliphatic carbocycles. The second-order valence-electron chi connectivity index (χ2n) is 7.40. The molecule has 3 rings (SSSR count). The van der Waals surface area contributed by atoms with E-state index in [2.05, 4.69) is 5.32 Å². The minimum atomic E-state index is -0.886. The van der Waals surface area contributed by atoms with Crippen LogP contribution in [0.3, 0.4) is 0 Å². The van der Waals surface area contributed by atoms with Crippen molar-refractivity contribution in [3.63, 3.8) is 0 Å². The summed E-state index contributed by atoms with van der Waals surface area (Å²) in [5, 5.41) is 2.70. The van der Waals surface area contributed by atoms with E-state index in [1.165, 1.54) is 0 Å². The fourth-order valence-corrected chi connectivity index (χ4v) is 3.57. The number of rotatable bonds is 6. The Bertz CT molecular complexity index is 925. The van der Waals surface area contributed by atoms with E-state index in [0.29, 0.717) is 5.56 Å². The van der Waals surface area contributed by atoms with E-state index < -0.39 is 12.1 Å². The second-order valence-corrected chi connectivity index (χ2v) is 7.40. The number of hydrogen-bond acceptors (Lipinski definition) is 4. The van der Waals surface area contributed by atoms with Gasteiger partial charge in [-0.3, -0.25) is 14.4 Å². The van der Waals surface area contributed by atoms with Gasteiger partial charge in [-0.2, -0.15) is 0 Å². The van der Waals surface area contributed by atoms with E-state index >= 15 is 0 Å². The maximum absolute atomic E-state index is 12.8. The van der Waals surface area contributed by atoms with Gasteiger partial charge in [-0.1, -0.05) is 35.9 Å². The average Bonchev–Trinajstić information content (AvgIpc) is 3.02. The van der Waals surface area contributed by atoms with Gasteiger partial charge in [0.25, 0.3) is 11.8 Å². The molecule has 0 aromatic heterocycles. The average molecular weight is 394 g/mol. The summed E-state index contributed by atoms with van der Waals surface area (Å²) in [6.45, 7) is 5.62. The van der Waals surface area contributed by atoms with Gasteiger partial charge in [-0.25, -0.2) is 0 Å². The first-order valence-electron chi connectivity index (χ1n) is 9.82. The molecule has 2 atom stereocenters. The molecule has 0 radical (unpaired) electrons. The van der Waals surface area contributed by atoms with Crippen LogP contribution >= 0.6 is 0 Å². The molecule has 1 aliphatic heterocycles. The van der Waals surface area contributed by atoms with Crippen LogP contribution in [0, 0.1) is 6.92 Å². The number of ether oxygens (including phenoxy) is 1. The van der Waals surface area contributed by atoms with Crippen molar-refractivity contribution in [3.8, 4) is 0 Å². The van der Waals surface area contributed by atoms with Crippen LogP contribution in [0.1, 0.15) is 41.8 Å². The van der Waals surface area contributed by atoms with Crippen molar-refractivity contribution in [2.75, 3.05) is 11.4 Å². The third-order valence-corrected chi connectivity index (χ3v) is 5.00. The molecule has 6 heteroatoms. The second kappa shape index (κ2) is 8.90. The summed E-state index contributed by atoms with van der Waals surface area (Å²) in [5.41, 5.74) is 3.52. The first kappa shape index (κ1) is 20.6. The number of nitrogens with zero attached hydrogens (tertiary/aromatic N) is 1.